The van der Waals surface area contributed by atoms with Crippen molar-refractivity contribution in [3.05, 3.63) is 20.8 Å². The predicted octanol–water partition coefficient (Wildman–Crippen LogP) is 3.04. The van der Waals surface area contributed by atoms with Gasteiger partial charge >= 0.3 is 0 Å². The highest BCUT2D eigenvalue weighted by Gasteiger charge is 2.48. The van der Waals surface area contributed by atoms with Crippen LogP contribution >= 0.6 is 27.3 Å². The largest absolute Gasteiger partial charge is 0.396 e. The summed E-state index contributed by atoms with van der Waals surface area (Å²) < 4.78 is 6.54. The first-order valence-electron chi connectivity index (χ1n) is 5.53. The van der Waals surface area contributed by atoms with Crippen LogP contribution in [0.25, 0.3) is 0 Å². The molecule has 0 saturated carbocycles. The van der Waals surface area contributed by atoms with Gasteiger partial charge in [0.1, 0.15) is 0 Å². The van der Waals surface area contributed by atoms with Crippen molar-refractivity contribution >= 4 is 27.3 Å². The Hall–Kier alpha value is 0.1000. The molecule has 2 nitrogen and oxygen atoms in total. The highest BCUT2D eigenvalue weighted by atomic mass is 79.9. The first-order valence-corrected chi connectivity index (χ1v) is 7.20. The number of ether oxygens (including phenoxy) is 1. The van der Waals surface area contributed by atoms with E-state index in [0.29, 0.717) is 5.92 Å². The number of hydrogen-bond donors (Lipinski definition) is 1. The molecule has 4 heteroatoms. The van der Waals surface area contributed by atoms with Gasteiger partial charge in [0.25, 0.3) is 0 Å². The molecule has 1 aromatic rings. The van der Waals surface area contributed by atoms with Gasteiger partial charge in [0.15, 0.2) is 0 Å². The van der Waals surface area contributed by atoms with Gasteiger partial charge in [-0.2, -0.15) is 0 Å². The van der Waals surface area contributed by atoms with Crippen molar-refractivity contribution in [2.75, 3.05) is 19.8 Å². The number of rotatable bonds is 4. The molecule has 1 aromatic heterocycles. The Kier molecular flexibility index (Phi) is 3.74. The second kappa shape index (κ2) is 4.77. The fourth-order valence-corrected chi connectivity index (χ4v) is 4.13. The first kappa shape index (κ1) is 12.6. The molecular weight excluding hydrogens is 288 g/mol. The van der Waals surface area contributed by atoms with Crippen LogP contribution in [0.4, 0.5) is 0 Å². The molecule has 2 heterocycles. The number of aliphatic hydroxyl groups excluding tert-OH is 1. The molecule has 0 radical (unpaired) electrons. The van der Waals surface area contributed by atoms with Crippen LogP contribution in [-0.4, -0.2) is 24.9 Å². The minimum absolute atomic E-state index is 0.0413. The van der Waals surface area contributed by atoms with Crippen LogP contribution in [0, 0.1) is 11.8 Å². The van der Waals surface area contributed by atoms with E-state index in [1.807, 2.05) is 0 Å². The van der Waals surface area contributed by atoms with Crippen molar-refractivity contribution in [1.82, 2.24) is 0 Å². The second-order valence-electron chi connectivity index (χ2n) is 4.81. The summed E-state index contributed by atoms with van der Waals surface area (Å²) in [5.41, 5.74) is 0.0413. The fraction of sp³-hybridized carbons (Fsp3) is 0.667. The molecule has 1 N–H and O–H groups in total. The molecular formula is C12H17BrO2S. The summed E-state index contributed by atoms with van der Waals surface area (Å²) in [5, 5.41) is 11.7. The summed E-state index contributed by atoms with van der Waals surface area (Å²) >= 11 is 5.25. The van der Waals surface area contributed by atoms with E-state index in [-0.39, 0.29) is 17.9 Å². The molecule has 1 saturated heterocycles. The van der Waals surface area contributed by atoms with Crippen molar-refractivity contribution < 1.29 is 9.84 Å². The van der Waals surface area contributed by atoms with E-state index in [2.05, 4.69) is 41.2 Å². The van der Waals surface area contributed by atoms with Gasteiger partial charge < -0.3 is 9.84 Å². The molecule has 1 aliphatic heterocycles. The third-order valence-electron chi connectivity index (χ3n) is 3.49. The van der Waals surface area contributed by atoms with Crippen LogP contribution in [0.5, 0.6) is 0 Å². The van der Waals surface area contributed by atoms with Gasteiger partial charge in [-0.05, 0) is 33.8 Å². The Bertz CT molecular complexity index is 358. The van der Waals surface area contributed by atoms with Crippen molar-refractivity contribution in [1.29, 1.82) is 0 Å². The van der Waals surface area contributed by atoms with Crippen LogP contribution in [-0.2, 0) is 10.2 Å². The van der Waals surface area contributed by atoms with Crippen molar-refractivity contribution in [2.24, 2.45) is 11.8 Å². The number of hydrogen-bond acceptors (Lipinski definition) is 3. The standard InChI is InChI=1S/C12H17BrO2S/c1-8(2)10(4-14)12(6-15-7-12)11-3-9(13)5-16-11/h3,5,8,10,14H,4,6-7H2,1-2H3. The molecule has 16 heavy (non-hydrogen) atoms. The summed E-state index contributed by atoms with van der Waals surface area (Å²) in [6.45, 7) is 6.05. The highest BCUT2D eigenvalue weighted by Crippen LogP contribution is 2.45. The van der Waals surface area contributed by atoms with Gasteiger partial charge in [-0.15, -0.1) is 11.3 Å². The molecule has 1 unspecified atom stereocenters. The van der Waals surface area contributed by atoms with Gasteiger partial charge in [-0.25, -0.2) is 0 Å². The third-order valence-corrected chi connectivity index (χ3v) is 5.40. The second-order valence-corrected chi connectivity index (χ2v) is 6.64. The van der Waals surface area contributed by atoms with E-state index in [4.69, 9.17) is 4.74 Å². The van der Waals surface area contributed by atoms with Crippen molar-refractivity contribution in [3.63, 3.8) is 0 Å². The topological polar surface area (TPSA) is 29.5 Å². The molecule has 0 aliphatic carbocycles. The normalized spacial score (nSPS) is 20.8. The quantitative estimate of drug-likeness (QED) is 0.926. The average molecular weight is 305 g/mol. The summed E-state index contributed by atoms with van der Waals surface area (Å²) in [4.78, 5) is 1.33. The lowest BCUT2D eigenvalue weighted by molar-refractivity contribution is -0.109. The zero-order valence-electron chi connectivity index (χ0n) is 9.57. The molecule has 0 aromatic carbocycles. The van der Waals surface area contributed by atoms with Gasteiger partial charge in [0.05, 0.1) is 18.6 Å². The van der Waals surface area contributed by atoms with E-state index in [1.54, 1.807) is 11.3 Å². The monoisotopic (exact) mass is 304 g/mol. The Morgan fingerprint density at radius 3 is 2.56 bits per heavy atom. The van der Waals surface area contributed by atoms with Crippen molar-refractivity contribution in [2.45, 2.75) is 19.3 Å². The maximum atomic E-state index is 9.60. The maximum absolute atomic E-state index is 9.60. The third kappa shape index (κ3) is 1.96. The average Bonchev–Trinajstić information content (AvgIpc) is 2.57. The van der Waals surface area contributed by atoms with E-state index in [0.717, 1.165) is 17.7 Å². The summed E-state index contributed by atoms with van der Waals surface area (Å²) in [6, 6.07) is 2.16. The van der Waals surface area contributed by atoms with Crippen LogP contribution in [0.3, 0.4) is 0 Å². The van der Waals surface area contributed by atoms with E-state index in [9.17, 15) is 5.11 Å². The fourth-order valence-electron chi connectivity index (χ4n) is 2.46. The molecule has 0 bridgehead atoms. The molecule has 1 atom stereocenters. The smallest absolute Gasteiger partial charge is 0.0597 e. The predicted molar refractivity (Wildman–Crippen MR) is 69.9 cm³/mol. The Morgan fingerprint density at radius 1 is 1.56 bits per heavy atom. The first-order chi connectivity index (χ1) is 7.60. The van der Waals surface area contributed by atoms with Crippen molar-refractivity contribution in [3.8, 4) is 0 Å². The Balaban J connectivity index is 2.31. The molecule has 1 fully saturated rings. The SMILES string of the molecule is CC(C)C(CO)C1(c2cc(Br)cs2)COC1. The Morgan fingerprint density at radius 2 is 2.25 bits per heavy atom. The lowest BCUT2D eigenvalue weighted by Crippen LogP contribution is -2.54. The molecule has 90 valence electrons. The minimum Gasteiger partial charge on any atom is -0.396 e. The molecule has 2 rings (SSSR count). The minimum atomic E-state index is 0.0413. The van der Waals surface area contributed by atoms with Gasteiger partial charge in [-0.3, -0.25) is 0 Å². The lowest BCUT2D eigenvalue weighted by atomic mass is 9.68. The summed E-state index contributed by atoms with van der Waals surface area (Å²) in [5.74, 6) is 0.751. The molecule has 0 spiro atoms. The van der Waals surface area contributed by atoms with Gasteiger partial charge in [-0.1, -0.05) is 13.8 Å². The Labute approximate surface area is 109 Å². The number of thiophene rings is 1. The summed E-state index contributed by atoms with van der Waals surface area (Å²) in [7, 11) is 0. The zero-order chi connectivity index (χ0) is 11.8. The highest BCUT2D eigenvalue weighted by molar-refractivity contribution is 9.10. The van der Waals surface area contributed by atoms with Crippen LogP contribution in [0.2, 0.25) is 0 Å². The van der Waals surface area contributed by atoms with E-state index in [1.165, 1.54) is 4.88 Å². The lowest BCUT2D eigenvalue weighted by Gasteiger charge is -2.47. The molecule has 0 amide bonds. The van der Waals surface area contributed by atoms with Gasteiger partial charge in [0, 0.05) is 21.3 Å². The number of halogens is 1. The summed E-state index contributed by atoms with van der Waals surface area (Å²) in [6.07, 6.45) is 0. The van der Waals surface area contributed by atoms with Crippen LogP contribution < -0.4 is 0 Å². The molecule has 1 aliphatic rings. The van der Waals surface area contributed by atoms with Crippen LogP contribution in [0.15, 0.2) is 15.9 Å². The van der Waals surface area contributed by atoms with Gasteiger partial charge in [0.2, 0.25) is 0 Å². The van der Waals surface area contributed by atoms with Crippen LogP contribution in [0.1, 0.15) is 18.7 Å². The van der Waals surface area contributed by atoms with E-state index < -0.39 is 0 Å². The van der Waals surface area contributed by atoms with E-state index >= 15 is 0 Å². The maximum Gasteiger partial charge on any atom is 0.0597 e. The number of aliphatic hydroxyl groups is 1. The zero-order valence-corrected chi connectivity index (χ0v) is 12.0.